The normalized spacial score (nSPS) is 19.3. The number of hydrogen-bond acceptors (Lipinski definition) is 8. The summed E-state index contributed by atoms with van der Waals surface area (Å²) >= 11 is 0. The van der Waals surface area contributed by atoms with E-state index in [1.54, 1.807) is 26.0 Å². The minimum absolute atomic E-state index is 0.0296. The zero-order chi connectivity index (χ0) is 25.9. The third-order valence-electron chi connectivity index (χ3n) is 6.41. The number of aliphatic hydroxyl groups is 1. The molecule has 36 heavy (non-hydrogen) atoms. The molecule has 4 N–H and O–H groups in total. The lowest BCUT2D eigenvalue weighted by Crippen LogP contribution is -2.42. The first-order valence-electron chi connectivity index (χ1n) is 12.0. The third-order valence-corrected chi connectivity index (χ3v) is 6.41. The zero-order valence-corrected chi connectivity index (χ0v) is 20.5. The predicted octanol–water partition coefficient (Wildman–Crippen LogP) is 3.03. The van der Waals surface area contributed by atoms with Crippen LogP contribution in [-0.4, -0.2) is 56.0 Å². The van der Waals surface area contributed by atoms with Crippen molar-refractivity contribution in [3.05, 3.63) is 53.7 Å². The second kappa shape index (κ2) is 10.3. The average Bonchev–Trinajstić information content (AvgIpc) is 3.18. The summed E-state index contributed by atoms with van der Waals surface area (Å²) in [5.74, 6) is 0.422. The largest absolute Gasteiger partial charge is 0.389 e. The summed E-state index contributed by atoms with van der Waals surface area (Å²) in [6.45, 7) is 7.58. The van der Waals surface area contributed by atoms with E-state index < -0.39 is 5.60 Å². The van der Waals surface area contributed by atoms with Crippen LogP contribution < -0.4 is 16.0 Å². The lowest BCUT2D eigenvalue weighted by Gasteiger charge is -2.35. The molecule has 2 aliphatic rings. The van der Waals surface area contributed by atoms with Gasteiger partial charge < -0.3 is 26.0 Å². The van der Waals surface area contributed by atoms with E-state index in [0.29, 0.717) is 35.1 Å². The number of aromatic nitrogens is 2. The SMILES string of the molecule is C=CC(=O)Nc1ccc2c(c1)C(=O)N([C@H]1CCC[C@@H](Nc3ncc(C#N)c(NCC(C)(C)O)n3)C1)C2. The Morgan fingerprint density at radius 2 is 2.19 bits per heavy atom. The molecule has 10 nitrogen and oxygen atoms in total. The van der Waals surface area contributed by atoms with Crippen molar-refractivity contribution in [1.82, 2.24) is 14.9 Å². The second-order valence-corrected chi connectivity index (χ2v) is 9.89. The third kappa shape index (κ3) is 5.80. The maximum absolute atomic E-state index is 13.2. The summed E-state index contributed by atoms with van der Waals surface area (Å²) in [4.78, 5) is 35.5. The maximum atomic E-state index is 13.2. The summed E-state index contributed by atoms with van der Waals surface area (Å²) in [6, 6.07) is 7.61. The fourth-order valence-electron chi connectivity index (χ4n) is 4.62. The van der Waals surface area contributed by atoms with E-state index >= 15 is 0 Å². The van der Waals surface area contributed by atoms with Gasteiger partial charge in [0.25, 0.3) is 5.91 Å². The van der Waals surface area contributed by atoms with E-state index in [2.05, 4.69) is 38.6 Å². The van der Waals surface area contributed by atoms with Crippen LogP contribution in [0.3, 0.4) is 0 Å². The molecule has 2 aromatic rings. The van der Waals surface area contributed by atoms with Crippen LogP contribution in [0.4, 0.5) is 17.5 Å². The molecule has 0 bridgehead atoms. The Hall–Kier alpha value is -3.97. The number of nitrogens with one attached hydrogen (secondary N) is 3. The lowest BCUT2D eigenvalue weighted by atomic mass is 9.90. The number of fused-ring (bicyclic) bond motifs is 1. The number of hydrogen-bond donors (Lipinski definition) is 4. The van der Waals surface area contributed by atoms with Gasteiger partial charge in [0.1, 0.15) is 17.5 Å². The standard InChI is InChI=1S/C26H31N7O3/c1-4-22(34)30-19-9-8-16-14-33(24(35)21(16)11-19)20-7-5-6-18(10-20)31-25-28-13-17(12-27)23(32-25)29-15-26(2,3)36/h4,8-9,11,13,18,20,36H,1,5-7,10,14-15H2,2-3H3,(H,30,34)(H2,28,29,31,32)/t18-,20+/m1/s1. The Labute approximate surface area is 210 Å². The Morgan fingerprint density at radius 1 is 1.39 bits per heavy atom. The highest BCUT2D eigenvalue weighted by Crippen LogP contribution is 2.33. The van der Waals surface area contributed by atoms with E-state index in [4.69, 9.17) is 0 Å². The van der Waals surface area contributed by atoms with Crippen LogP contribution in [0.2, 0.25) is 0 Å². The Balaban J connectivity index is 1.42. The van der Waals surface area contributed by atoms with Crippen LogP contribution >= 0.6 is 0 Å². The molecule has 2 atom stereocenters. The highest BCUT2D eigenvalue weighted by Gasteiger charge is 2.36. The van der Waals surface area contributed by atoms with Gasteiger partial charge in [0.2, 0.25) is 11.9 Å². The number of amides is 2. The number of nitrogens with zero attached hydrogens (tertiary/aromatic N) is 4. The number of carbonyl (C=O) groups is 2. The molecule has 1 saturated carbocycles. The minimum Gasteiger partial charge on any atom is -0.389 e. The van der Waals surface area contributed by atoms with Gasteiger partial charge in [0.05, 0.1) is 11.8 Å². The van der Waals surface area contributed by atoms with E-state index in [1.807, 2.05) is 11.0 Å². The van der Waals surface area contributed by atoms with E-state index in [0.717, 1.165) is 31.2 Å². The van der Waals surface area contributed by atoms with Crippen molar-refractivity contribution in [2.24, 2.45) is 0 Å². The van der Waals surface area contributed by atoms with Gasteiger partial charge in [-0.15, -0.1) is 0 Å². The highest BCUT2D eigenvalue weighted by molar-refractivity contribution is 6.02. The van der Waals surface area contributed by atoms with Gasteiger partial charge >= 0.3 is 0 Å². The maximum Gasteiger partial charge on any atom is 0.254 e. The molecule has 0 spiro atoms. The Kier molecular flexibility index (Phi) is 7.22. The summed E-state index contributed by atoms with van der Waals surface area (Å²) in [6.07, 6.45) is 6.18. The van der Waals surface area contributed by atoms with Gasteiger partial charge in [0, 0.05) is 36.4 Å². The van der Waals surface area contributed by atoms with Crippen molar-refractivity contribution in [1.29, 1.82) is 5.26 Å². The van der Waals surface area contributed by atoms with Crippen molar-refractivity contribution >= 4 is 29.3 Å². The molecule has 1 aromatic heterocycles. The highest BCUT2D eigenvalue weighted by atomic mass is 16.3. The van der Waals surface area contributed by atoms with Gasteiger partial charge in [0.15, 0.2) is 0 Å². The number of anilines is 3. The minimum atomic E-state index is -0.959. The van der Waals surface area contributed by atoms with E-state index in [-0.39, 0.29) is 30.4 Å². The van der Waals surface area contributed by atoms with Crippen LogP contribution in [0.1, 0.15) is 61.0 Å². The van der Waals surface area contributed by atoms with Gasteiger partial charge in [-0.2, -0.15) is 10.2 Å². The topological polar surface area (TPSA) is 143 Å². The van der Waals surface area contributed by atoms with E-state index in [9.17, 15) is 20.0 Å². The molecule has 0 unspecified atom stereocenters. The molecule has 4 rings (SSSR count). The molecule has 1 fully saturated rings. The molecule has 0 radical (unpaired) electrons. The van der Waals surface area contributed by atoms with Gasteiger partial charge in [-0.05, 0) is 63.3 Å². The number of carbonyl (C=O) groups excluding carboxylic acids is 2. The molecule has 1 aliphatic carbocycles. The van der Waals surface area contributed by atoms with Crippen molar-refractivity contribution < 1.29 is 14.7 Å². The van der Waals surface area contributed by atoms with Crippen molar-refractivity contribution in [3.63, 3.8) is 0 Å². The molecule has 1 aromatic carbocycles. The Morgan fingerprint density at radius 3 is 2.92 bits per heavy atom. The molecular formula is C26H31N7O3. The van der Waals surface area contributed by atoms with Crippen LogP contribution in [0.15, 0.2) is 37.1 Å². The molecule has 1 aliphatic heterocycles. The number of nitriles is 1. The Bertz CT molecular complexity index is 1210. The monoisotopic (exact) mass is 489 g/mol. The van der Waals surface area contributed by atoms with Crippen LogP contribution in [0, 0.1) is 11.3 Å². The van der Waals surface area contributed by atoms with Crippen molar-refractivity contribution in [2.45, 2.75) is 63.8 Å². The van der Waals surface area contributed by atoms with Gasteiger partial charge in [-0.3, -0.25) is 9.59 Å². The van der Waals surface area contributed by atoms with Crippen LogP contribution in [-0.2, 0) is 11.3 Å². The average molecular weight is 490 g/mol. The molecule has 2 heterocycles. The molecule has 0 saturated heterocycles. The summed E-state index contributed by atoms with van der Waals surface area (Å²) in [5.41, 5.74) is 1.48. The van der Waals surface area contributed by atoms with Gasteiger partial charge in [-0.1, -0.05) is 12.6 Å². The van der Waals surface area contributed by atoms with Crippen molar-refractivity contribution in [3.8, 4) is 6.07 Å². The molecule has 188 valence electrons. The molecular weight excluding hydrogens is 458 g/mol. The zero-order valence-electron chi connectivity index (χ0n) is 20.5. The summed E-state index contributed by atoms with van der Waals surface area (Å²) in [7, 11) is 0. The van der Waals surface area contributed by atoms with Crippen molar-refractivity contribution in [2.75, 3.05) is 22.5 Å². The first kappa shape index (κ1) is 25.1. The number of rotatable bonds is 8. The predicted molar refractivity (Wildman–Crippen MR) is 136 cm³/mol. The first-order valence-corrected chi connectivity index (χ1v) is 12.0. The van der Waals surface area contributed by atoms with E-state index in [1.165, 1.54) is 12.3 Å². The molecule has 10 heteroatoms. The van der Waals surface area contributed by atoms with Crippen LogP contribution in [0.5, 0.6) is 0 Å². The second-order valence-electron chi connectivity index (χ2n) is 9.89. The summed E-state index contributed by atoms with van der Waals surface area (Å²) in [5, 5.41) is 28.5. The van der Waals surface area contributed by atoms with Crippen LogP contribution in [0.25, 0.3) is 0 Å². The molecule has 2 amide bonds. The van der Waals surface area contributed by atoms with Gasteiger partial charge in [-0.25, -0.2) is 4.98 Å². The fourth-order valence-corrected chi connectivity index (χ4v) is 4.62. The number of benzene rings is 1. The fraction of sp³-hybridized carbons (Fsp3) is 0.423. The smallest absolute Gasteiger partial charge is 0.254 e. The summed E-state index contributed by atoms with van der Waals surface area (Å²) < 4.78 is 0. The first-order chi connectivity index (χ1) is 17.2. The quantitative estimate of drug-likeness (QED) is 0.414. The lowest BCUT2D eigenvalue weighted by molar-refractivity contribution is -0.111.